The molecule has 5 heteroatoms. The zero-order valence-electron chi connectivity index (χ0n) is 13.1. The average Bonchev–Trinajstić information content (AvgIpc) is 2.33. The zero-order valence-corrected chi connectivity index (χ0v) is 13.1. The molecule has 20 heavy (non-hydrogen) atoms. The minimum atomic E-state index is -0.397. The van der Waals surface area contributed by atoms with Crippen LogP contribution in [-0.4, -0.2) is 35.3 Å². The van der Waals surface area contributed by atoms with Crippen LogP contribution in [0.15, 0.2) is 12.3 Å². The number of nitrogens with zero attached hydrogens (tertiary/aromatic N) is 2. The monoisotopic (exact) mass is 283 g/mol. The van der Waals surface area contributed by atoms with Crippen LogP contribution < -0.4 is 10.2 Å². The van der Waals surface area contributed by atoms with E-state index in [-0.39, 0.29) is 11.4 Å². The van der Waals surface area contributed by atoms with Gasteiger partial charge in [0.1, 0.15) is 0 Å². The second kappa shape index (κ2) is 6.99. The number of hydrogen-bond acceptors (Lipinski definition) is 4. The van der Waals surface area contributed by atoms with Crippen molar-refractivity contribution in [1.29, 1.82) is 0 Å². The molecule has 0 aromatic carbocycles. The normalized spacial score (nSPS) is 13.3. The first-order valence-corrected chi connectivity index (χ1v) is 6.98. The topological polar surface area (TPSA) is 48.4 Å². The Morgan fingerprint density at radius 2 is 2.10 bits per heavy atom. The molecule has 1 aromatic heterocycles. The molecule has 2 N–H and O–H groups in total. The van der Waals surface area contributed by atoms with E-state index in [1.807, 2.05) is 20.8 Å². The molecule has 0 radical (unpaired) electrons. The lowest BCUT2D eigenvalue weighted by Crippen LogP contribution is -2.35. The maximum absolute atomic E-state index is 14.4. The third-order valence-corrected chi connectivity index (χ3v) is 3.00. The SMILES string of the molecule is CC(O)CCN(C)c1nccc(CNC(C)(C)C)c1F. The average molecular weight is 283 g/mol. The summed E-state index contributed by atoms with van der Waals surface area (Å²) < 4.78 is 14.4. The van der Waals surface area contributed by atoms with Crippen molar-refractivity contribution >= 4 is 5.82 Å². The van der Waals surface area contributed by atoms with Gasteiger partial charge in [0.2, 0.25) is 0 Å². The fourth-order valence-electron chi connectivity index (χ4n) is 1.72. The van der Waals surface area contributed by atoms with Crippen LogP contribution in [-0.2, 0) is 6.54 Å². The largest absolute Gasteiger partial charge is 0.393 e. The number of halogens is 1. The van der Waals surface area contributed by atoms with Crippen molar-refractivity contribution in [2.75, 3.05) is 18.5 Å². The number of pyridine rings is 1. The van der Waals surface area contributed by atoms with Gasteiger partial charge < -0.3 is 15.3 Å². The van der Waals surface area contributed by atoms with E-state index in [9.17, 15) is 9.50 Å². The number of aromatic nitrogens is 1. The van der Waals surface area contributed by atoms with Crippen LogP contribution in [0.3, 0.4) is 0 Å². The number of aliphatic hydroxyl groups excluding tert-OH is 1. The van der Waals surface area contributed by atoms with Crippen molar-refractivity contribution in [1.82, 2.24) is 10.3 Å². The molecule has 0 saturated heterocycles. The molecule has 1 atom stereocenters. The van der Waals surface area contributed by atoms with E-state index in [2.05, 4.69) is 10.3 Å². The fraction of sp³-hybridized carbons (Fsp3) is 0.667. The van der Waals surface area contributed by atoms with Gasteiger partial charge in [0.25, 0.3) is 0 Å². The van der Waals surface area contributed by atoms with Crippen molar-refractivity contribution in [2.24, 2.45) is 0 Å². The van der Waals surface area contributed by atoms with Crippen LogP contribution in [0.4, 0.5) is 10.2 Å². The Kier molecular flexibility index (Phi) is 5.89. The van der Waals surface area contributed by atoms with Crippen LogP contribution in [0, 0.1) is 5.82 Å². The van der Waals surface area contributed by atoms with Gasteiger partial charge in [0, 0.05) is 37.4 Å². The molecule has 0 aliphatic carbocycles. The summed E-state index contributed by atoms with van der Waals surface area (Å²) in [5.41, 5.74) is 0.544. The Hall–Kier alpha value is -1.20. The van der Waals surface area contributed by atoms with Gasteiger partial charge in [-0.1, -0.05) is 0 Å². The highest BCUT2D eigenvalue weighted by Crippen LogP contribution is 2.19. The highest BCUT2D eigenvalue weighted by Gasteiger charge is 2.16. The minimum Gasteiger partial charge on any atom is -0.393 e. The molecular weight excluding hydrogens is 257 g/mol. The lowest BCUT2D eigenvalue weighted by Gasteiger charge is -2.23. The summed E-state index contributed by atoms with van der Waals surface area (Å²) in [7, 11) is 1.79. The summed E-state index contributed by atoms with van der Waals surface area (Å²) in [4.78, 5) is 5.84. The molecule has 4 nitrogen and oxygen atoms in total. The third kappa shape index (κ3) is 5.43. The number of aliphatic hydroxyl groups is 1. The van der Waals surface area contributed by atoms with E-state index in [0.29, 0.717) is 30.9 Å². The van der Waals surface area contributed by atoms with Gasteiger partial charge in [-0.25, -0.2) is 9.37 Å². The van der Waals surface area contributed by atoms with Gasteiger partial charge in [-0.2, -0.15) is 0 Å². The molecule has 1 unspecified atom stereocenters. The van der Waals surface area contributed by atoms with Crippen LogP contribution in [0.5, 0.6) is 0 Å². The molecule has 0 fully saturated rings. The minimum absolute atomic E-state index is 0.0614. The molecule has 0 aliphatic rings. The van der Waals surface area contributed by atoms with E-state index in [1.165, 1.54) is 0 Å². The molecule has 0 saturated carbocycles. The smallest absolute Gasteiger partial charge is 0.170 e. The van der Waals surface area contributed by atoms with Crippen molar-refractivity contribution in [3.05, 3.63) is 23.6 Å². The first-order chi connectivity index (χ1) is 9.20. The second-order valence-corrected chi connectivity index (χ2v) is 6.27. The summed E-state index contributed by atoms with van der Waals surface area (Å²) >= 11 is 0. The van der Waals surface area contributed by atoms with Gasteiger partial charge in [-0.3, -0.25) is 0 Å². The van der Waals surface area contributed by atoms with Crippen LogP contribution >= 0.6 is 0 Å². The number of rotatable bonds is 6. The lowest BCUT2D eigenvalue weighted by molar-refractivity contribution is 0.186. The molecule has 1 aromatic rings. The van der Waals surface area contributed by atoms with Crippen molar-refractivity contribution in [3.8, 4) is 0 Å². The second-order valence-electron chi connectivity index (χ2n) is 6.27. The predicted molar refractivity (Wildman–Crippen MR) is 80.4 cm³/mol. The quantitative estimate of drug-likeness (QED) is 0.841. The maximum atomic E-state index is 14.4. The fourth-order valence-corrected chi connectivity index (χ4v) is 1.72. The first kappa shape index (κ1) is 16.9. The Labute approximate surface area is 121 Å². The predicted octanol–water partition coefficient (Wildman–Crippen LogP) is 2.32. The molecule has 1 heterocycles. The summed E-state index contributed by atoms with van der Waals surface area (Å²) in [6.45, 7) is 8.89. The van der Waals surface area contributed by atoms with E-state index in [0.717, 1.165) is 0 Å². The first-order valence-electron chi connectivity index (χ1n) is 6.98. The van der Waals surface area contributed by atoms with E-state index in [1.54, 1.807) is 31.1 Å². The third-order valence-electron chi connectivity index (χ3n) is 3.00. The van der Waals surface area contributed by atoms with Crippen molar-refractivity contribution in [3.63, 3.8) is 0 Å². The van der Waals surface area contributed by atoms with E-state index in [4.69, 9.17) is 0 Å². The molecule has 114 valence electrons. The lowest BCUT2D eigenvalue weighted by atomic mass is 10.1. The van der Waals surface area contributed by atoms with E-state index >= 15 is 0 Å². The Bertz CT molecular complexity index is 430. The highest BCUT2D eigenvalue weighted by molar-refractivity contribution is 5.42. The Morgan fingerprint density at radius 1 is 1.45 bits per heavy atom. The van der Waals surface area contributed by atoms with Gasteiger partial charge in [-0.15, -0.1) is 0 Å². The van der Waals surface area contributed by atoms with Crippen molar-refractivity contribution < 1.29 is 9.50 Å². The van der Waals surface area contributed by atoms with Gasteiger partial charge in [-0.05, 0) is 40.2 Å². The molecule has 0 spiro atoms. The van der Waals surface area contributed by atoms with Gasteiger partial charge in [0.05, 0.1) is 6.10 Å². The maximum Gasteiger partial charge on any atom is 0.170 e. The van der Waals surface area contributed by atoms with Gasteiger partial charge in [0.15, 0.2) is 11.6 Å². The van der Waals surface area contributed by atoms with Crippen molar-refractivity contribution in [2.45, 2.75) is 52.3 Å². The molecule has 0 bridgehead atoms. The molecule has 1 rings (SSSR count). The molecule has 0 aliphatic heterocycles. The Morgan fingerprint density at radius 3 is 2.65 bits per heavy atom. The number of nitrogens with one attached hydrogen (secondary N) is 1. The van der Waals surface area contributed by atoms with Crippen LogP contribution in [0.2, 0.25) is 0 Å². The summed E-state index contributed by atoms with van der Waals surface area (Å²) in [5, 5.41) is 12.6. The summed E-state index contributed by atoms with van der Waals surface area (Å²) in [6, 6.07) is 1.69. The highest BCUT2D eigenvalue weighted by atomic mass is 19.1. The van der Waals surface area contributed by atoms with Crippen LogP contribution in [0.25, 0.3) is 0 Å². The zero-order chi connectivity index (χ0) is 15.3. The Balaban J connectivity index is 2.78. The number of hydrogen-bond donors (Lipinski definition) is 2. The van der Waals surface area contributed by atoms with Crippen LogP contribution in [0.1, 0.15) is 39.7 Å². The number of anilines is 1. The standard InChI is InChI=1S/C15H26FN3O/c1-11(20)7-9-19(5)14-13(16)12(6-8-17-14)10-18-15(2,3)4/h6,8,11,18,20H,7,9-10H2,1-5H3. The summed E-state index contributed by atoms with van der Waals surface area (Å²) in [6.07, 6.45) is 1.81. The summed E-state index contributed by atoms with van der Waals surface area (Å²) in [5.74, 6) is 0.0382. The van der Waals surface area contributed by atoms with E-state index < -0.39 is 6.10 Å². The van der Waals surface area contributed by atoms with Gasteiger partial charge >= 0.3 is 0 Å². The molecular formula is C15H26FN3O. The molecule has 0 amide bonds.